The number of hydrogen-bond donors (Lipinski definition) is 0. The summed E-state index contributed by atoms with van der Waals surface area (Å²) in [5, 5.41) is 7.33. The molecule has 0 fully saturated rings. The van der Waals surface area contributed by atoms with Gasteiger partial charge in [-0.05, 0) is 80.9 Å². The molecule has 0 aliphatic rings. The van der Waals surface area contributed by atoms with E-state index in [-0.39, 0.29) is 0 Å². The summed E-state index contributed by atoms with van der Waals surface area (Å²) in [6, 6.07) is 58.5. The Morgan fingerprint density at radius 3 is 1.84 bits per heavy atom. The zero-order valence-electron chi connectivity index (χ0n) is 23.9. The summed E-state index contributed by atoms with van der Waals surface area (Å²) < 4.78 is 6.18. The van der Waals surface area contributed by atoms with Crippen molar-refractivity contribution >= 4 is 60.5 Å². The standard InChI is InChI=1S/C42H27NO/c1-2-11-33(12-3-1)43(38-14-6-9-30-8-4-5-13-36(30)38)34-23-20-29(21-24-34)28-16-18-31(19-17-28)35-26-27-40-42-37(35)25-22-32-10-7-15-39(44-40)41(32)42/h1-27H. The maximum Gasteiger partial charge on any atom is 0.136 e. The highest BCUT2D eigenvalue weighted by atomic mass is 16.3. The summed E-state index contributed by atoms with van der Waals surface area (Å²) in [6.07, 6.45) is 0. The smallest absolute Gasteiger partial charge is 0.136 e. The average Bonchev–Trinajstić information content (AvgIpc) is 3.48. The van der Waals surface area contributed by atoms with E-state index in [0.29, 0.717) is 0 Å². The lowest BCUT2D eigenvalue weighted by atomic mass is 9.93. The lowest BCUT2D eigenvalue weighted by molar-refractivity contribution is 0.669. The van der Waals surface area contributed by atoms with E-state index >= 15 is 0 Å². The van der Waals surface area contributed by atoms with Crippen LogP contribution in [-0.2, 0) is 0 Å². The van der Waals surface area contributed by atoms with Gasteiger partial charge in [0.2, 0.25) is 0 Å². The summed E-state index contributed by atoms with van der Waals surface area (Å²) in [6.45, 7) is 0. The van der Waals surface area contributed by atoms with Gasteiger partial charge < -0.3 is 9.32 Å². The maximum absolute atomic E-state index is 6.18. The number of anilines is 3. The van der Waals surface area contributed by atoms with Gasteiger partial charge in [-0.1, -0.05) is 121 Å². The Morgan fingerprint density at radius 1 is 0.364 bits per heavy atom. The quantitative estimate of drug-likeness (QED) is 0.194. The van der Waals surface area contributed by atoms with E-state index in [0.717, 1.165) is 22.5 Å². The van der Waals surface area contributed by atoms with E-state index in [1.807, 2.05) is 0 Å². The van der Waals surface area contributed by atoms with Crippen molar-refractivity contribution < 1.29 is 4.42 Å². The third-order valence-corrected chi connectivity index (χ3v) is 8.84. The van der Waals surface area contributed by atoms with Gasteiger partial charge in [0.15, 0.2) is 0 Å². The van der Waals surface area contributed by atoms with Gasteiger partial charge in [-0.3, -0.25) is 0 Å². The highest BCUT2D eigenvalue weighted by molar-refractivity contribution is 6.24. The van der Waals surface area contributed by atoms with E-state index in [4.69, 9.17) is 4.42 Å². The molecule has 0 aliphatic heterocycles. The molecule has 0 aliphatic carbocycles. The molecule has 1 aromatic heterocycles. The molecule has 2 heteroatoms. The number of para-hydroxylation sites is 1. The number of fused-ring (bicyclic) bond motifs is 1. The zero-order valence-corrected chi connectivity index (χ0v) is 23.9. The van der Waals surface area contributed by atoms with Crippen LogP contribution in [0, 0.1) is 0 Å². The fourth-order valence-corrected chi connectivity index (χ4v) is 6.75. The van der Waals surface area contributed by atoms with Crippen LogP contribution in [0.3, 0.4) is 0 Å². The molecule has 0 N–H and O–H groups in total. The van der Waals surface area contributed by atoms with Crippen LogP contribution < -0.4 is 4.90 Å². The lowest BCUT2D eigenvalue weighted by Crippen LogP contribution is -2.10. The number of rotatable bonds is 5. The minimum atomic E-state index is 0.945. The molecule has 0 radical (unpaired) electrons. The number of furan rings is 1. The molecule has 2 nitrogen and oxygen atoms in total. The molecule has 0 amide bonds. The predicted molar refractivity (Wildman–Crippen MR) is 185 cm³/mol. The van der Waals surface area contributed by atoms with E-state index < -0.39 is 0 Å². The van der Waals surface area contributed by atoms with Crippen LogP contribution in [0.15, 0.2) is 168 Å². The highest BCUT2D eigenvalue weighted by Gasteiger charge is 2.17. The lowest BCUT2D eigenvalue weighted by Gasteiger charge is -2.27. The molecule has 0 unspecified atom stereocenters. The second-order valence-corrected chi connectivity index (χ2v) is 11.3. The minimum Gasteiger partial charge on any atom is -0.456 e. The van der Waals surface area contributed by atoms with Gasteiger partial charge in [-0.15, -0.1) is 0 Å². The molecule has 0 saturated carbocycles. The van der Waals surface area contributed by atoms with Gasteiger partial charge in [0.05, 0.1) is 5.69 Å². The molecule has 8 aromatic carbocycles. The Labute approximate surface area is 255 Å². The fourth-order valence-electron chi connectivity index (χ4n) is 6.75. The van der Waals surface area contributed by atoms with Crippen molar-refractivity contribution in [1.82, 2.24) is 0 Å². The van der Waals surface area contributed by atoms with Crippen LogP contribution in [0.1, 0.15) is 0 Å². The van der Waals surface area contributed by atoms with Crippen molar-refractivity contribution in [1.29, 1.82) is 0 Å². The Morgan fingerprint density at radius 2 is 1.00 bits per heavy atom. The second-order valence-electron chi connectivity index (χ2n) is 11.3. The van der Waals surface area contributed by atoms with Gasteiger partial charge in [0.25, 0.3) is 0 Å². The molecule has 0 saturated heterocycles. The van der Waals surface area contributed by atoms with E-state index in [1.165, 1.54) is 60.3 Å². The fraction of sp³-hybridized carbons (Fsp3) is 0. The van der Waals surface area contributed by atoms with Gasteiger partial charge in [-0.2, -0.15) is 0 Å². The summed E-state index contributed by atoms with van der Waals surface area (Å²) >= 11 is 0. The predicted octanol–water partition coefficient (Wildman–Crippen LogP) is 12.1. The highest BCUT2D eigenvalue weighted by Crippen LogP contribution is 2.42. The molecule has 0 spiro atoms. The Bertz CT molecular complexity index is 2410. The normalized spacial score (nSPS) is 11.6. The van der Waals surface area contributed by atoms with Crippen molar-refractivity contribution in [3.63, 3.8) is 0 Å². The van der Waals surface area contributed by atoms with Crippen LogP contribution in [-0.4, -0.2) is 0 Å². The SMILES string of the molecule is c1ccc(N(c2ccc(-c3ccc(-c4ccc5oc6cccc7ccc4c5c76)cc3)cc2)c2cccc3ccccc23)cc1. The molecule has 206 valence electrons. The van der Waals surface area contributed by atoms with Crippen molar-refractivity contribution in [2.24, 2.45) is 0 Å². The first kappa shape index (κ1) is 24.7. The number of hydrogen-bond acceptors (Lipinski definition) is 2. The molecular weight excluding hydrogens is 534 g/mol. The molecule has 0 bridgehead atoms. The summed E-state index contributed by atoms with van der Waals surface area (Å²) in [7, 11) is 0. The monoisotopic (exact) mass is 561 g/mol. The van der Waals surface area contributed by atoms with Gasteiger partial charge in [0, 0.05) is 27.5 Å². The van der Waals surface area contributed by atoms with Crippen LogP contribution in [0.5, 0.6) is 0 Å². The third kappa shape index (κ3) is 3.89. The van der Waals surface area contributed by atoms with Crippen LogP contribution in [0.25, 0.3) is 65.7 Å². The maximum atomic E-state index is 6.18. The Hall–Kier alpha value is -5.86. The van der Waals surface area contributed by atoms with Crippen LogP contribution in [0.4, 0.5) is 17.1 Å². The van der Waals surface area contributed by atoms with Crippen molar-refractivity contribution in [2.75, 3.05) is 4.90 Å². The van der Waals surface area contributed by atoms with Crippen molar-refractivity contribution in [3.05, 3.63) is 164 Å². The first-order chi connectivity index (χ1) is 21.8. The molecule has 0 atom stereocenters. The van der Waals surface area contributed by atoms with E-state index in [1.54, 1.807) is 0 Å². The average molecular weight is 562 g/mol. The van der Waals surface area contributed by atoms with Gasteiger partial charge >= 0.3 is 0 Å². The van der Waals surface area contributed by atoms with Gasteiger partial charge in [0.1, 0.15) is 11.2 Å². The first-order valence-corrected chi connectivity index (χ1v) is 15.0. The second kappa shape index (κ2) is 9.86. The Kier molecular flexibility index (Phi) is 5.54. The molecule has 9 rings (SSSR count). The summed E-state index contributed by atoms with van der Waals surface area (Å²) in [4.78, 5) is 2.34. The largest absolute Gasteiger partial charge is 0.456 e. The number of nitrogens with zero attached hydrogens (tertiary/aromatic N) is 1. The van der Waals surface area contributed by atoms with E-state index in [9.17, 15) is 0 Å². The third-order valence-electron chi connectivity index (χ3n) is 8.84. The van der Waals surface area contributed by atoms with Crippen molar-refractivity contribution in [3.8, 4) is 22.3 Å². The Balaban J connectivity index is 1.08. The first-order valence-electron chi connectivity index (χ1n) is 15.0. The topological polar surface area (TPSA) is 16.4 Å². The van der Waals surface area contributed by atoms with Crippen LogP contribution >= 0.6 is 0 Å². The minimum absolute atomic E-state index is 0.945. The van der Waals surface area contributed by atoms with Crippen LogP contribution in [0.2, 0.25) is 0 Å². The zero-order chi connectivity index (χ0) is 29.0. The molecule has 44 heavy (non-hydrogen) atoms. The molecule has 1 heterocycles. The summed E-state index contributed by atoms with van der Waals surface area (Å²) in [5.74, 6) is 0. The molecular formula is C42H27NO. The molecule has 9 aromatic rings. The van der Waals surface area contributed by atoms with E-state index in [2.05, 4.69) is 169 Å². The van der Waals surface area contributed by atoms with Crippen molar-refractivity contribution in [2.45, 2.75) is 0 Å². The van der Waals surface area contributed by atoms with Gasteiger partial charge in [-0.25, -0.2) is 0 Å². The summed E-state index contributed by atoms with van der Waals surface area (Å²) in [5.41, 5.74) is 10.1. The number of benzene rings is 8.